The van der Waals surface area contributed by atoms with E-state index in [9.17, 15) is 19.7 Å². The highest BCUT2D eigenvalue weighted by Crippen LogP contribution is 2.07. The zero-order valence-corrected chi connectivity index (χ0v) is 11.0. The summed E-state index contributed by atoms with van der Waals surface area (Å²) in [5.41, 5.74) is 0.988. The highest BCUT2D eigenvalue weighted by molar-refractivity contribution is 5.41. The molecule has 0 atom stereocenters. The summed E-state index contributed by atoms with van der Waals surface area (Å²) in [6.45, 7) is -0.192. The van der Waals surface area contributed by atoms with Crippen molar-refractivity contribution in [3.05, 3.63) is 61.2 Å². The Labute approximate surface area is 117 Å². The normalized spacial score (nSPS) is 10.4. The highest BCUT2D eigenvalue weighted by atomic mass is 16.6. The van der Waals surface area contributed by atoms with Crippen molar-refractivity contribution in [2.45, 2.75) is 6.54 Å². The summed E-state index contributed by atoms with van der Waals surface area (Å²) < 4.78 is 1.73. The molecule has 0 aliphatic heterocycles. The van der Waals surface area contributed by atoms with Crippen molar-refractivity contribution in [1.29, 1.82) is 0 Å². The fraction of sp³-hybridized carbons (Fsp3) is 0.182. The van der Waals surface area contributed by atoms with Gasteiger partial charge in [0.1, 0.15) is 0 Å². The fourth-order valence-corrected chi connectivity index (χ4v) is 1.79. The molecule has 2 aromatic rings. The summed E-state index contributed by atoms with van der Waals surface area (Å²) in [5, 5.41) is 10.8. The quantitative estimate of drug-likeness (QED) is 0.426. The van der Waals surface area contributed by atoms with E-state index in [1.807, 2.05) is 0 Å². The van der Waals surface area contributed by atoms with E-state index in [4.69, 9.17) is 5.84 Å². The van der Waals surface area contributed by atoms with Crippen LogP contribution in [-0.4, -0.2) is 19.0 Å². The van der Waals surface area contributed by atoms with Crippen molar-refractivity contribution in [3.8, 4) is 0 Å². The lowest BCUT2D eigenvalue weighted by Gasteiger charge is -2.07. The van der Waals surface area contributed by atoms with E-state index in [-0.39, 0.29) is 6.54 Å². The van der Waals surface area contributed by atoms with E-state index in [1.165, 1.54) is 19.3 Å². The summed E-state index contributed by atoms with van der Waals surface area (Å²) in [7, 11) is 1.33. The molecule has 0 spiro atoms. The van der Waals surface area contributed by atoms with Gasteiger partial charge in [0, 0.05) is 13.2 Å². The topological polar surface area (TPSA) is 138 Å². The number of hydrazine groups is 1. The molecule has 0 radical (unpaired) electrons. The third-order valence-corrected chi connectivity index (χ3v) is 2.81. The van der Waals surface area contributed by atoms with Crippen LogP contribution in [0.2, 0.25) is 0 Å². The summed E-state index contributed by atoms with van der Waals surface area (Å²) in [6, 6.07) is 3.13. The van der Waals surface area contributed by atoms with Gasteiger partial charge >= 0.3 is 16.9 Å². The predicted octanol–water partition coefficient (Wildman–Crippen LogP) is -0.816. The van der Waals surface area contributed by atoms with Crippen molar-refractivity contribution < 1.29 is 4.92 Å². The van der Waals surface area contributed by atoms with Crippen LogP contribution in [0.1, 0.15) is 5.69 Å². The average Bonchev–Trinajstić information content (AvgIpc) is 2.47. The lowest BCUT2D eigenvalue weighted by molar-refractivity contribution is -0.387. The average molecular weight is 292 g/mol. The van der Waals surface area contributed by atoms with Gasteiger partial charge in [-0.15, -0.1) is 0 Å². The van der Waals surface area contributed by atoms with Crippen molar-refractivity contribution >= 4 is 11.4 Å². The first kappa shape index (κ1) is 14.4. The molecule has 0 aliphatic carbocycles. The van der Waals surface area contributed by atoms with Gasteiger partial charge in [0.2, 0.25) is 0 Å². The van der Waals surface area contributed by atoms with E-state index < -0.39 is 21.9 Å². The highest BCUT2D eigenvalue weighted by Gasteiger charge is 2.19. The number of hydrogen-bond acceptors (Lipinski definition) is 7. The molecule has 0 amide bonds. The Morgan fingerprint density at radius 3 is 2.81 bits per heavy atom. The summed E-state index contributed by atoms with van der Waals surface area (Å²) in [6.07, 6.45) is 2.34. The second-order valence-corrected chi connectivity index (χ2v) is 4.24. The number of nitrogens with zero attached hydrogens (tertiary/aromatic N) is 4. The number of pyridine rings is 1. The van der Waals surface area contributed by atoms with Crippen LogP contribution < -0.4 is 22.5 Å². The maximum Gasteiger partial charge on any atom is 0.350 e. The number of hydrogen-bond donors (Lipinski definition) is 2. The minimum atomic E-state index is -0.976. The maximum absolute atomic E-state index is 12.0. The van der Waals surface area contributed by atoms with Gasteiger partial charge in [-0.2, -0.15) is 0 Å². The van der Waals surface area contributed by atoms with Gasteiger partial charge in [0.15, 0.2) is 0 Å². The van der Waals surface area contributed by atoms with Crippen LogP contribution in [0.5, 0.6) is 0 Å². The monoisotopic (exact) mass is 292 g/mol. The van der Waals surface area contributed by atoms with Gasteiger partial charge in [0.05, 0.1) is 29.0 Å². The van der Waals surface area contributed by atoms with Gasteiger partial charge in [-0.1, -0.05) is 0 Å². The number of aryl methyl sites for hydroxylation is 1. The van der Waals surface area contributed by atoms with Crippen molar-refractivity contribution in [2.24, 2.45) is 12.9 Å². The molecule has 0 fully saturated rings. The number of aromatic nitrogens is 3. The predicted molar refractivity (Wildman–Crippen MR) is 73.7 cm³/mol. The Bertz CT molecular complexity index is 809. The minimum Gasteiger partial charge on any atom is -0.324 e. The van der Waals surface area contributed by atoms with Crippen LogP contribution in [0.25, 0.3) is 0 Å². The van der Waals surface area contributed by atoms with Crippen molar-refractivity contribution in [2.75, 3.05) is 5.43 Å². The van der Waals surface area contributed by atoms with Crippen molar-refractivity contribution in [1.82, 2.24) is 14.1 Å². The maximum atomic E-state index is 12.0. The number of nitro groups is 1. The lowest BCUT2D eigenvalue weighted by atomic mass is 10.3. The molecule has 2 rings (SSSR count). The standard InChI is InChI=1S/C11H12N6O4/c1-15-6-9(17(20)21)10(18)16(11(15)19)5-8-4-7(14-12)2-3-13-8/h2-4,6H,5,12H2,1H3,(H,13,14). The zero-order valence-electron chi connectivity index (χ0n) is 11.0. The fourth-order valence-electron chi connectivity index (χ4n) is 1.79. The van der Waals surface area contributed by atoms with Crippen molar-refractivity contribution in [3.63, 3.8) is 0 Å². The Kier molecular flexibility index (Phi) is 3.80. The SMILES string of the molecule is Cn1cc([N+](=O)[O-])c(=O)n(Cc2cc(NN)ccn2)c1=O. The molecule has 0 aromatic carbocycles. The molecule has 21 heavy (non-hydrogen) atoms. The second kappa shape index (κ2) is 5.54. The molecular formula is C11H12N6O4. The Morgan fingerprint density at radius 2 is 2.19 bits per heavy atom. The first-order valence-corrected chi connectivity index (χ1v) is 5.80. The van der Waals surface area contributed by atoms with Crippen LogP contribution in [0.15, 0.2) is 34.1 Å². The van der Waals surface area contributed by atoms with Gasteiger partial charge in [0.25, 0.3) is 0 Å². The van der Waals surface area contributed by atoms with E-state index in [0.29, 0.717) is 11.4 Å². The smallest absolute Gasteiger partial charge is 0.324 e. The molecule has 0 aliphatic rings. The Morgan fingerprint density at radius 1 is 1.48 bits per heavy atom. The number of anilines is 1. The van der Waals surface area contributed by atoms with Crippen LogP contribution in [0, 0.1) is 10.1 Å². The minimum absolute atomic E-state index is 0.192. The van der Waals surface area contributed by atoms with Crippen LogP contribution in [0.3, 0.4) is 0 Å². The van der Waals surface area contributed by atoms with Crippen LogP contribution in [-0.2, 0) is 13.6 Å². The number of nitrogens with one attached hydrogen (secondary N) is 1. The lowest BCUT2D eigenvalue weighted by Crippen LogP contribution is -2.39. The summed E-state index contributed by atoms with van der Waals surface area (Å²) in [5.74, 6) is 5.26. The molecule has 3 N–H and O–H groups in total. The molecule has 0 unspecified atom stereocenters. The molecule has 10 nitrogen and oxygen atoms in total. The first-order chi connectivity index (χ1) is 9.93. The molecule has 110 valence electrons. The largest absolute Gasteiger partial charge is 0.350 e. The molecular weight excluding hydrogens is 280 g/mol. The molecule has 0 saturated carbocycles. The number of nitrogens with two attached hydrogens (primary N) is 1. The molecule has 0 bridgehead atoms. The number of rotatable bonds is 4. The van der Waals surface area contributed by atoms with Gasteiger partial charge < -0.3 is 5.43 Å². The van der Waals surface area contributed by atoms with Gasteiger partial charge in [-0.3, -0.25) is 30.3 Å². The van der Waals surface area contributed by atoms with E-state index in [2.05, 4.69) is 10.4 Å². The molecule has 2 aromatic heterocycles. The van der Waals surface area contributed by atoms with Gasteiger partial charge in [-0.05, 0) is 12.1 Å². The number of nitrogen functional groups attached to an aromatic ring is 1. The Hall–Kier alpha value is -3.01. The molecule has 2 heterocycles. The van der Waals surface area contributed by atoms with Crippen LogP contribution >= 0.6 is 0 Å². The molecule has 0 saturated heterocycles. The van der Waals surface area contributed by atoms with E-state index in [1.54, 1.807) is 6.07 Å². The third kappa shape index (κ3) is 2.79. The Balaban J connectivity index is 2.56. The van der Waals surface area contributed by atoms with E-state index in [0.717, 1.165) is 15.3 Å². The van der Waals surface area contributed by atoms with Gasteiger partial charge in [-0.25, -0.2) is 9.36 Å². The van der Waals surface area contributed by atoms with Crippen LogP contribution in [0.4, 0.5) is 11.4 Å². The summed E-state index contributed by atoms with van der Waals surface area (Å²) >= 11 is 0. The molecule has 10 heteroatoms. The second-order valence-electron chi connectivity index (χ2n) is 4.24. The zero-order chi connectivity index (χ0) is 15.6. The summed E-state index contributed by atoms with van der Waals surface area (Å²) in [4.78, 5) is 37.9. The first-order valence-electron chi connectivity index (χ1n) is 5.80. The third-order valence-electron chi connectivity index (χ3n) is 2.81. The van der Waals surface area contributed by atoms with E-state index >= 15 is 0 Å².